The molecular formula is C18H20N4O4. The minimum Gasteiger partial charge on any atom is -0.382 e. The van der Waals surface area contributed by atoms with Gasteiger partial charge in [-0.1, -0.05) is 0 Å². The fourth-order valence-corrected chi connectivity index (χ4v) is 3.82. The van der Waals surface area contributed by atoms with E-state index in [4.69, 9.17) is 5.73 Å². The van der Waals surface area contributed by atoms with Crippen LogP contribution in [0, 0.1) is 5.92 Å². The van der Waals surface area contributed by atoms with E-state index in [1.807, 2.05) is 0 Å². The summed E-state index contributed by atoms with van der Waals surface area (Å²) >= 11 is 0. The van der Waals surface area contributed by atoms with Gasteiger partial charge in [0, 0.05) is 18.2 Å². The topological polar surface area (TPSA) is 122 Å². The molecule has 2 heterocycles. The van der Waals surface area contributed by atoms with Gasteiger partial charge in [0.15, 0.2) is 0 Å². The maximum atomic E-state index is 12.8. The summed E-state index contributed by atoms with van der Waals surface area (Å²) in [4.78, 5) is 49.7. The van der Waals surface area contributed by atoms with E-state index >= 15 is 0 Å². The van der Waals surface area contributed by atoms with Crippen molar-refractivity contribution in [3.05, 3.63) is 29.3 Å². The highest BCUT2D eigenvalue weighted by atomic mass is 16.2. The lowest BCUT2D eigenvalue weighted by molar-refractivity contribution is -0.136. The third-order valence-electron chi connectivity index (χ3n) is 5.51. The van der Waals surface area contributed by atoms with Crippen LogP contribution in [-0.2, 0) is 9.59 Å². The zero-order valence-electron chi connectivity index (χ0n) is 14.2. The fraction of sp³-hybridized carbons (Fsp3) is 0.444. The second-order valence-corrected chi connectivity index (χ2v) is 7.03. The van der Waals surface area contributed by atoms with Gasteiger partial charge < -0.3 is 11.1 Å². The molecule has 3 atom stereocenters. The number of nitrogens with two attached hydrogens (primary N) is 1. The minimum atomic E-state index is -0.940. The lowest BCUT2D eigenvalue weighted by atomic mass is 9.79. The van der Waals surface area contributed by atoms with Gasteiger partial charge in [-0.3, -0.25) is 29.4 Å². The van der Waals surface area contributed by atoms with Crippen LogP contribution >= 0.6 is 0 Å². The molecule has 1 unspecified atom stereocenters. The third-order valence-corrected chi connectivity index (χ3v) is 5.51. The molecule has 8 nitrogen and oxygen atoms in total. The van der Waals surface area contributed by atoms with Gasteiger partial charge in [-0.25, -0.2) is 0 Å². The molecule has 4 amide bonds. The number of carbonyl (C=O) groups excluding carboxylic acids is 4. The summed E-state index contributed by atoms with van der Waals surface area (Å²) in [6.45, 7) is 0.614. The zero-order valence-corrected chi connectivity index (χ0v) is 14.2. The number of anilines is 1. The molecule has 2 fully saturated rings. The highest BCUT2D eigenvalue weighted by Gasteiger charge is 2.44. The van der Waals surface area contributed by atoms with Crippen LogP contribution in [0.4, 0.5) is 5.69 Å². The Balaban J connectivity index is 1.56. The Morgan fingerprint density at radius 3 is 2.50 bits per heavy atom. The molecule has 0 radical (unpaired) electrons. The van der Waals surface area contributed by atoms with Crippen LogP contribution in [0.1, 0.15) is 46.4 Å². The summed E-state index contributed by atoms with van der Waals surface area (Å²) in [6.07, 6.45) is 2.37. The number of fused-ring (bicyclic) bond motifs is 1. The third kappa shape index (κ3) is 2.57. The van der Waals surface area contributed by atoms with Crippen molar-refractivity contribution in [1.29, 1.82) is 0 Å². The summed E-state index contributed by atoms with van der Waals surface area (Å²) in [7, 11) is 0. The first-order valence-electron chi connectivity index (χ1n) is 8.82. The molecule has 1 aromatic carbocycles. The molecular weight excluding hydrogens is 336 g/mol. The summed E-state index contributed by atoms with van der Waals surface area (Å²) in [6, 6.07) is 4.37. The zero-order chi connectivity index (χ0) is 18.4. The van der Waals surface area contributed by atoms with E-state index in [1.54, 1.807) is 18.2 Å². The Morgan fingerprint density at radius 2 is 1.85 bits per heavy atom. The largest absolute Gasteiger partial charge is 0.382 e. The summed E-state index contributed by atoms with van der Waals surface area (Å²) in [5.74, 6) is -1.55. The second-order valence-electron chi connectivity index (χ2n) is 7.03. The summed E-state index contributed by atoms with van der Waals surface area (Å²) < 4.78 is 0. The van der Waals surface area contributed by atoms with Gasteiger partial charge in [0.1, 0.15) is 6.04 Å². The van der Waals surface area contributed by atoms with Crippen molar-refractivity contribution in [2.24, 2.45) is 11.7 Å². The van der Waals surface area contributed by atoms with E-state index in [2.05, 4.69) is 10.6 Å². The van der Waals surface area contributed by atoms with E-state index in [9.17, 15) is 19.2 Å². The number of carbonyl (C=O) groups is 4. The van der Waals surface area contributed by atoms with Crippen LogP contribution in [-0.4, -0.2) is 47.2 Å². The molecule has 0 spiro atoms. The molecule has 1 aliphatic carbocycles. The van der Waals surface area contributed by atoms with Crippen LogP contribution in [0.3, 0.4) is 0 Å². The number of hydrogen-bond acceptors (Lipinski definition) is 6. The van der Waals surface area contributed by atoms with E-state index in [0.29, 0.717) is 12.5 Å². The molecule has 8 heteroatoms. The molecule has 4 N–H and O–H groups in total. The Kier molecular flexibility index (Phi) is 3.99. The van der Waals surface area contributed by atoms with Crippen molar-refractivity contribution in [3.8, 4) is 0 Å². The molecule has 1 saturated heterocycles. The standard InChI is InChI=1S/C18H20N4O4/c19-8-9-1-4-13(9)20-10-2-3-11-12(7-10)18(26)22(17(11)25)14-5-6-15(23)21-16(14)24/h2-3,7,9,13-14,20H,1,4-6,8,19H2,(H,21,23,24)/t9-,13-,14?/m0/s1. The number of nitrogens with one attached hydrogen (secondary N) is 2. The Bertz CT molecular complexity index is 819. The Hall–Kier alpha value is -2.74. The quantitative estimate of drug-likeness (QED) is 0.664. The fourth-order valence-electron chi connectivity index (χ4n) is 3.82. The number of nitrogens with zero attached hydrogens (tertiary/aromatic N) is 1. The Labute approximate surface area is 150 Å². The molecule has 0 aromatic heterocycles. The van der Waals surface area contributed by atoms with Crippen molar-refractivity contribution in [2.75, 3.05) is 11.9 Å². The van der Waals surface area contributed by atoms with Crippen LogP contribution in [0.25, 0.3) is 0 Å². The van der Waals surface area contributed by atoms with Crippen LogP contribution < -0.4 is 16.4 Å². The second kappa shape index (κ2) is 6.21. The van der Waals surface area contributed by atoms with Gasteiger partial charge in [-0.2, -0.15) is 0 Å². The van der Waals surface area contributed by atoms with E-state index < -0.39 is 23.8 Å². The lowest BCUT2D eigenvalue weighted by Gasteiger charge is -2.37. The molecule has 3 aliphatic rings. The number of benzene rings is 1. The average Bonchev–Trinajstić information content (AvgIpc) is 2.84. The van der Waals surface area contributed by atoms with E-state index in [-0.39, 0.29) is 35.9 Å². The van der Waals surface area contributed by atoms with Crippen LogP contribution in [0.15, 0.2) is 18.2 Å². The smallest absolute Gasteiger partial charge is 0.262 e. The van der Waals surface area contributed by atoms with E-state index in [0.717, 1.165) is 23.4 Å². The van der Waals surface area contributed by atoms with Gasteiger partial charge in [-0.15, -0.1) is 0 Å². The molecule has 0 bridgehead atoms. The number of rotatable bonds is 4. The SMILES string of the molecule is NC[C@@H]1CC[C@@H]1Nc1ccc2c(c1)C(=O)N(C1CCC(=O)NC1=O)C2=O. The van der Waals surface area contributed by atoms with E-state index in [1.165, 1.54) is 0 Å². The normalized spacial score (nSPS) is 27.9. The molecule has 2 aliphatic heterocycles. The van der Waals surface area contributed by atoms with Crippen molar-refractivity contribution in [3.63, 3.8) is 0 Å². The molecule has 1 saturated carbocycles. The predicted octanol–water partition coefficient (Wildman–Crippen LogP) is 0.237. The number of amides is 4. The lowest BCUT2D eigenvalue weighted by Crippen LogP contribution is -2.54. The average molecular weight is 356 g/mol. The van der Waals surface area contributed by atoms with Crippen molar-refractivity contribution < 1.29 is 19.2 Å². The number of imide groups is 2. The first kappa shape index (κ1) is 16.7. The number of hydrogen-bond donors (Lipinski definition) is 3. The molecule has 4 rings (SSSR count). The molecule has 136 valence electrons. The van der Waals surface area contributed by atoms with Gasteiger partial charge >= 0.3 is 0 Å². The van der Waals surface area contributed by atoms with Crippen LogP contribution in [0.2, 0.25) is 0 Å². The maximum absolute atomic E-state index is 12.8. The maximum Gasteiger partial charge on any atom is 0.262 e. The predicted molar refractivity (Wildman–Crippen MR) is 92.3 cm³/mol. The van der Waals surface area contributed by atoms with Gasteiger partial charge in [0.2, 0.25) is 11.8 Å². The van der Waals surface area contributed by atoms with Gasteiger partial charge in [-0.05, 0) is 49.9 Å². The minimum absolute atomic E-state index is 0.110. The first-order chi connectivity index (χ1) is 12.5. The van der Waals surface area contributed by atoms with Crippen molar-refractivity contribution in [1.82, 2.24) is 10.2 Å². The highest BCUT2D eigenvalue weighted by Crippen LogP contribution is 2.33. The summed E-state index contributed by atoms with van der Waals surface area (Å²) in [5.41, 5.74) is 7.06. The summed E-state index contributed by atoms with van der Waals surface area (Å²) in [5, 5.41) is 5.56. The van der Waals surface area contributed by atoms with Crippen molar-refractivity contribution >= 4 is 29.3 Å². The first-order valence-corrected chi connectivity index (χ1v) is 8.82. The monoisotopic (exact) mass is 356 g/mol. The molecule has 1 aromatic rings. The van der Waals surface area contributed by atoms with Gasteiger partial charge in [0.25, 0.3) is 11.8 Å². The Morgan fingerprint density at radius 1 is 1.08 bits per heavy atom. The highest BCUT2D eigenvalue weighted by molar-refractivity contribution is 6.23. The van der Waals surface area contributed by atoms with Crippen LogP contribution in [0.5, 0.6) is 0 Å². The number of piperidine rings is 1. The van der Waals surface area contributed by atoms with Crippen molar-refractivity contribution in [2.45, 2.75) is 37.8 Å². The van der Waals surface area contributed by atoms with Gasteiger partial charge in [0.05, 0.1) is 11.1 Å². The molecule has 26 heavy (non-hydrogen) atoms.